The molecule has 1 heterocycles. The van der Waals surface area contributed by atoms with Crippen LogP contribution in [0.2, 0.25) is 0 Å². The number of carbonyl (C=O) groups is 1. The summed E-state index contributed by atoms with van der Waals surface area (Å²) in [6.45, 7) is 1.97. The van der Waals surface area contributed by atoms with Crippen molar-refractivity contribution in [2.45, 2.75) is 39.0 Å². The highest BCUT2D eigenvalue weighted by Crippen LogP contribution is 2.57. The molecule has 0 radical (unpaired) electrons. The van der Waals surface area contributed by atoms with Gasteiger partial charge in [0.1, 0.15) is 0 Å². The van der Waals surface area contributed by atoms with Gasteiger partial charge in [0.05, 0.1) is 10.4 Å². The third-order valence-corrected chi connectivity index (χ3v) is 5.50. The molecule has 3 unspecified atom stereocenters. The van der Waals surface area contributed by atoms with E-state index in [1.165, 1.54) is 6.42 Å². The number of aromatic nitrogens is 1. The molecule has 3 nitrogen and oxygen atoms in total. The Morgan fingerprint density at radius 3 is 2.94 bits per heavy atom. The van der Waals surface area contributed by atoms with Crippen LogP contribution in [-0.4, -0.2) is 16.1 Å². The molecule has 17 heavy (non-hydrogen) atoms. The molecule has 0 spiro atoms. The third-order valence-electron chi connectivity index (χ3n) is 4.53. The van der Waals surface area contributed by atoms with E-state index in [9.17, 15) is 9.90 Å². The molecule has 0 saturated heterocycles. The number of aliphatic carboxylic acids is 1. The number of rotatable bonds is 3. The molecule has 3 rings (SSSR count). The van der Waals surface area contributed by atoms with E-state index in [2.05, 4.69) is 4.98 Å². The lowest BCUT2D eigenvalue weighted by Gasteiger charge is -2.32. The molecule has 92 valence electrons. The van der Waals surface area contributed by atoms with Crippen LogP contribution in [0.4, 0.5) is 0 Å². The van der Waals surface area contributed by atoms with E-state index in [1.807, 2.05) is 12.3 Å². The molecule has 2 aliphatic carbocycles. The summed E-state index contributed by atoms with van der Waals surface area (Å²) in [6.07, 6.45) is 4.96. The molecule has 4 heteroatoms. The van der Waals surface area contributed by atoms with Crippen molar-refractivity contribution in [3.05, 3.63) is 16.1 Å². The van der Waals surface area contributed by atoms with Crippen LogP contribution in [0.15, 0.2) is 5.38 Å². The second-order valence-electron chi connectivity index (χ2n) is 5.60. The summed E-state index contributed by atoms with van der Waals surface area (Å²) in [5.41, 5.74) is 0.501. The topological polar surface area (TPSA) is 50.2 Å². The summed E-state index contributed by atoms with van der Waals surface area (Å²) < 4.78 is 0. The lowest BCUT2D eigenvalue weighted by atomic mass is 9.71. The van der Waals surface area contributed by atoms with Crippen molar-refractivity contribution in [1.82, 2.24) is 4.98 Å². The Labute approximate surface area is 105 Å². The first-order chi connectivity index (χ1) is 8.10. The molecule has 1 aromatic heterocycles. The number of nitrogens with zero attached hydrogens (tertiary/aromatic N) is 1. The van der Waals surface area contributed by atoms with Crippen molar-refractivity contribution in [2.75, 3.05) is 0 Å². The average molecular weight is 251 g/mol. The quantitative estimate of drug-likeness (QED) is 0.898. The zero-order chi connectivity index (χ0) is 12.0. The third kappa shape index (κ3) is 1.69. The molecule has 2 bridgehead atoms. The van der Waals surface area contributed by atoms with Gasteiger partial charge in [-0.25, -0.2) is 4.98 Å². The normalized spacial score (nSPS) is 35.4. The van der Waals surface area contributed by atoms with Gasteiger partial charge >= 0.3 is 5.97 Å². The van der Waals surface area contributed by atoms with E-state index >= 15 is 0 Å². The Hall–Kier alpha value is -0.900. The first-order valence-corrected chi connectivity index (χ1v) is 7.12. The highest BCUT2D eigenvalue weighted by Gasteiger charge is 2.55. The first kappa shape index (κ1) is 11.2. The molecule has 3 atom stereocenters. The second kappa shape index (κ2) is 3.80. The zero-order valence-electron chi connectivity index (χ0n) is 9.98. The van der Waals surface area contributed by atoms with Crippen LogP contribution < -0.4 is 0 Å². The summed E-state index contributed by atoms with van der Waals surface area (Å²) in [4.78, 5) is 16.1. The van der Waals surface area contributed by atoms with Gasteiger partial charge in [-0.05, 0) is 38.0 Å². The Kier molecular flexibility index (Phi) is 2.51. The van der Waals surface area contributed by atoms with Gasteiger partial charge in [0.2, 0.25) is 0 Å². The molecular formula is C13H17NO2S. The summed E-state index contributed by atoms with van der Waals surface area (Å²) in [5, 5.41) is 12.6. The lowest BCUT2D eigenvalue weighted by molar-refractivity contribution is -0.152. The lowest BCUT2D eigenvalue weighted by Crippen LogP contribution is -2.38. The van der Waals surface area contributed by atoms with Gasteiger partial charge in [-0.15, -0.1) is 11.3 Å². The van der Waals surface area contributed by atoms with Gasteiger partial charge in [-0.3, -0.25) is 4.79 Å². The van der Waals surface area contributed by atoms with E-state index in [1.54, 1.807) is 11.3 Å². The highest BCUT2D eigenvalue weighted by atomic mass is 32.1. The van der Waals surface area contributed by atoms with Crippen LogP contribution in [-0.2, 0) is 11.2 Å². The fourth-order valence-corrected chi connectivity index (χ4v) is 4.65. The fraction of sp³-hybridized carbons (Fsp3) is 0.692. The Morgan fingerprint density at radius 2 is 2.47 bits per heavy atom. The molecule has 2 aliphatic rings. The number of carboxylic acid groups (broad SMARTS) is 1. The molecule has 2 saturated carbocycles. The van der Waals surface area contributed by atoms with E-state index in [0.29, 0.717) is 18.3 Å². The summed E-state index contributed by atoms with van der Waals surface area (Å²) in [5.74, 6) is 0.434. The monoisotopic (exact) mass is 251 g/mol. The van der Waals surface area contributed by atoms with Gasteiger partial charge in [-0.1, -0.05) is 6.42 Å². The van der Waals surface area contributed by atoms with Gasteiger partial charge in [0.25, 0.3) is 0 Å². The summed E-state index contributed by atoms with van der Waals surface area (Å²) in [7, 11) is 0. The van der Waals surface area contributed by atoms with Crippen LogP contribution in [0, 0.1) is 24.2 Å². The average Bonchev–Trinajstić information content (AvgIpc) is 2.94. The van der Waals surface area contributed by atoms with Crippen LogP contribution in [0.3, 0.4) is 0 Å². The minimum absolute atomic E-state index is 0.384. The van der Waals surface area contributed by atoms with E-state index in [4.69, 9.17) is 0 Å². The standard InChI is InChI=1S/C13H17NO2S/c1-8-7-17-11(14-8)6-13(12(15)16)5-9-2-3-10(13)4-9/h7,9-10H,2-6H2,1H3,(H,15,16). The van der Waals surface area contributed by atoms with Gasteiger partial charge < -0.3 is 5.11 Å². The molecule has 2 fully saturated rings. The van der Waals surface area contributed by atoms with Crippen LogP contribution in [0.25, 0.3) is 0 Å². The molecule has 0 aliphatic heterocycles. The Balaban J connectivity index is 1.89. The van der Waals surface area contributed by atoms with Crippen molar-refractivity contribution in [3.63, 3.8) is 0 Å². The van der Waals surface area contributed by atoms with Gasteiger partial charge in [0, 0.05) is 17.5 Å². The van der Waals surface area contributed by atoms with E-state index in [0.717, 1.165) is 30.0 Å². The number of hydrogen-bond acceptors (Lipinski definition) is 3. The van der Waals surface area contributed by atoms with Gasteiger partial charge in [-0.2, -0.15) is 0 Å². The van der Waals surface area contributed by atoms with Crippen molar-refractivity contribution < 1.29 is 9.90 Å². The number of thiazole rings is 1. The second-order valence-corrected chi connectivity index (χ2v) is 6.54. The minimum Gasteiger partial charge on any atom is -0.481 e. The Bertz CT molecular complexity index is 456. The first-order valence-electron chi connectivity index (χ1n) is 6.24. The molecule has 0 amide bonds. The summed E-state index contributed by atoms with van der Waals surface area (Å²) >= 11 is 1.61. The number of hydrogen-bond donors (Lipinski definition) is 1. The number of fused-ring (bicyclic) bond motifs is 2. The number of carboxylic acids is 1. The maximum atomic E-state index is 11.7. The Morgan fingerprint density at radius 1 is 1.65 bits per heavy atom. The van der Waals surface area contributed by atoms with Crippen LogP contribution >= 0.6 is 11.3 Å². The van der Waals surface area contributed by atoms with Crippen molar-refractivity contribution in [1.29, 1.82) is 0 Å². The van der Waals surface area contributed by atoms with Crippen LogP contribution in [0.1, 0.15) is 36.4 Å². The SMILES string of the molecule is Cc1csc(CC2(C(=O)O)CC3CCC2C3)n1. The fourth-order valence-electron chi connectivity index (χ4n) is 3.75. The molecular weight excluding hydrogens is 234 g/mol. The highest BCUT2D eigenvalue weighted by molar-refractivity contribution is 7.09. The summed E-state index contributed by atoms with van der Waals surface area (Å²) in [6, 6.07) is 0. The maximum Gasteiger partial charge on any atom is 0.310 e. The van der Waals surface area contributed by atoms with E-state index in [-0.39, 0.29) is 0 Å². The predicted molar refractivity (Wildman–Crippen MR) is 66.1 cm³/mol. The molecule has 1 aromatic rings. The molecule has 0 aromatic carbocycles. The molecule has 1 N–H and O–H groups in total. The largest absolute Gasteiger partial charge is 0.481 e. The van der Waals surface area contributed by atoms with Crippen molar-refractivity contribution in [3.8, 4) is 0 Å². The minimum atomic E-state index is -0.599. The number of aryl methyl sites for hydroxylation is 1. The smallest absolute Gasteiger partial charge is 0.310 e. The predicted octanol–water partition coefficient (Wildman–Crippen LogP) is 2.89. The maximum absolute atomic E-state index is 11.7. The van der Waals surface area contributed by atoms with Crippen molar-refractivity contribution in [2.24, 2.45) is 17.3 Å². The van der Waals surface area contributed by atoms with Crippen LogP contribution in [0.5, 0.6) is 0 Å². The van der Waals surface area contributed by atoms with E-state index < -0.39 is 11.4 Å². The van der Waals surface area contributed by atoms with Crippen molar-refractivity contribution >= 4 is 17.3 Å². The van der Waals surface area contributed by atoms with Gasteiger partial charge in [0.15, 0.2) is 0 Å². The zero-order valence-corrected chi connectivity index (χ0v) is 10.8.